The largest absolute Gasteiger partial charge is 0.497 e. The molecule has 1 heterocycles. The second kappa shape index (κ2) is 5.74. The molecule has 1 aromatic heterocycles. The molecule has 0 unspecified atom stereocenters. The number of anilines is 1. The maximum Gasteiger partial charge on any atom is 0.256 e. The van der Waals surface area contributed by atoms with E-state index in [9.17, 15) is 4.79 Å². The molecule has 0 saturated carbocycles. The van der Waals surface area contributed by atoms with Crippen molar-refractivity contribution in [1.82, 2.24) is 10.2 Å². The maximum absolute atomic E-state index is 12.1. The standard InChI is InChI=1S/C12H13N5O3/c1-20-8-4-2-3-7(5-8)12(18)15-11-9(6-14-16-11)10(13)17-19/h2-6,19H,1H3,(H2,13,17)(H2,14,15,16,18). The Kier molecular flexibility index (Phi) is 3.85. The highest BCUT2D eigenvalue weighted by molar-refractivity contribution is 6.09. The van der Waals surface area contributed by atoms with Crippen LogP contribution in [-0.4, -0.2) is 34.3 Å². The predicted molar refractivity (Wildman–Crippen MR) is 72.0 cm³/mol. The molecule has 1 aromatic carbocycles. The van der Waals surface area contributed by atoms with Gasteiger partial charge in [0, 0.05) is 5.56 Å². The Morgan fingerprint density at radius 2 is 2.35 bits per heavy atom. The van der Waals surface area contributed by atoms with Crippen molar-refractivity contribution in [3.63, 3.8) is 0 Å². The summed E-state index contributed by atoms with van der Waals surface area (Å²) in [4.78, 5) is 12.1. The molecule has 2 aromatic rings. The first-order chi connectivity index (χ1) is 9.65. The Morgan fingerprint density at radius 3 is 3.05 bits per heavy atom. The smallest absolute Gasteiger partial charge is 0.256 e. The van der Waals surface area contributed by atoms with Crippen molar-refractivity contribution in [2.24, 2.45) is 10.9 Å². The van der Waals surface area contributed by atoms with Crippen molar-refractivity contribution in [3.05, 3.63) is 41.6 Å². The van der Waals surface area contributed by atoms with Crippen LogP contribution in [-0.2, 0) is 0 Å². The van der Waals surface area contributed by atoms with E-state index < -0.39 is 0 Å². The number of nitrogens with zero attached hydrogens (tertiary/aromatic N) is 2. The zero-order chi connectivity index (χ0) is 14.5. The third-order valence-electron chi connectivity index (χ3n) is 2.59. The van der Waals surface area contributed by atoms with Gasteiger partial charge in [0.2, 0.25) is 0 Å². The number of carbonyl (C=O) groups is 1. The fraction of sp³-hybridized carbons (Fsp3) is 0.0833. The van der Waals surface area contributed by atoms with Gasteiger partial charge in [0.15, 0.2) is 5.84 Å². The number of nitrogens with two attached hydrogens (primary N) is 1. The van der Waals surface area contributed by atoms with Gasteiger partial charge in [-0.2, -0.15) is 5.10 Å². The molecule has 20 heavy (non-hydrogen) atoms. The molecule has 2 rings (SSSR count). The first-order valence-corrected chi connectivity index (χ1v) is 5.62. The van der Waals surface area contributed by atoms with Crippen LogP contribution in [0.5, 0.6) is 5.75 Å². The minimum absolute atomic E-state index is 0.153. The summed E-state index contributed by atoms with van der Waals surface area (Å²) in [5, 5.41) is 20.4. The van der Waals surface area contributed by atoms with Gasteiger partial charge in [0.05, 0.1) is 18.9 Å². The first kappa shape index (κ1) is 13.4. The van der Waals surface area contributed by atoms with Crippen LogP contribution in [0.2, 0.25) is 0 Å². The van der Waals surface area contributed by atoms with Crippen LogP contribution in [0.3, 0.4) is 0 Å². The monoisotopic (exact) mass is 275 g/mol. The highest BCUT2D eigenvalue weighted by Gasteiger charge is 2.14. The van der Waals surface area contributed by atoms with Gasteiger partial charge in [-0.05, 0) is 18.2 Å². The van der Waals surface area contributed by atoms with E-state index in [1.807, 2.05) is 0 Å². The number of aromatic nitrogens is 2. The number of benzene rings is 1. The molecule has 8 heteroatoms. The average molecular weight is 275 g/mol. The van der Waals surface area contributed by atoms with E-state index in [4.69, 9.17) is 15.7 Å². The van der Waals surface area contributed by atoms with Gasteiger partial charge in [-0.1, -0.05) is 11.2 Å². The van der Waals surface area contributed by atoms with Gasteiger partial charge < -0.3 is 21.0 Å². The van der Waals surface area contributed by atoms with Gasteiger partial charge in [0.25, 0.3) is 5.91 Å². The zero-order valence-corrected chi connectivity index (χ0v) is 10.6. The molecule has 0 saturated heterocycles. The summed E-state index contributed by atoms with van der Waals surface area (Å²) in [6.07, 6.45) is 1.34. The quantitative estimate of drug-likeness (QED) is 0.284. The van der Waals surface area contributed by atoms with Crippen LogP contribution in [0.1, 0.15) is 15.9 Å². The minimum atomic E-state index is -0.375. The molecule has 0 radical (unpaired) electrons. The van der Waals surface area contributed by atoms with Crippen molar-refractivity contribution in [1.29, 1.82) is 0 Å². The molecule has 0 spiro atoms. The number of H-pyrrole nitrogens is 1. The number of oxime groups is 1. The van der Waals surface area contributed by atoms with Crippen LogP contribution in [0.4, 0.5) is 5.82 Å². The molecular weight excluding hydrogens is 262 g/mol. The summed E-state index contributed by atoms with van der Waals surface area (Å²) in [6.45, 7) is 0. The molecular formula is C12H13N5O3. The van der Waals surface area contributed by atoms with Crippen molar-refractivity contribution in [3.8, 4) is 5.75 Å². The van der Waals surface area contributed by atoms with E-state index in [1.54, 1.807) is 24.3 Å². The molecule has 104 valence electrons. The summed E-state index contributed by atoms with van der Waals surface area (Å²) < 4.78 is 5.05. The molecule has 0 atom stereocenters. The number of rotatable bonds is 4. The molecule has 0 bridgehead atoms. The Bertz CT molecular complexity index is 650. The lowest BCUT2D eigenvalue weighted by Crippen LogP contribution is -2.18. The lowest BCUT2D eigenvalue weighted by Gasteiger charge is -2.06. The molecule has 0 aliphatic carbocycles. The summed E-state index contributed by atoms with van der Waals surface area (Å²) in [7, 11) is 1.52. The number of aromatic amines is 1. The van der Waals surface area contributed by atoms with Crippen molar-refractivity contribution in [2.75, 3.05) is 12.4 Å². The summed E-state index contributed by atoms with van der Waals surface area (Å²) in [5.41, 5.74) is 6.17. The van der Waals surface area contributed by atoms with E-state index in [-0.39, 0.29) is 17.6 Å². The lowest BCUT2D eigenvalue weighted by atomic mass is 10.2. The summed E-state index contributed by atoms with van der Waals surface area (Å²) in [5.74, 6) is 0.284. The van der Waals surface area contributed by atoms with Crippen LogP contribution < -0.4 is 15.8 Å². The van der Waals surface area contributed by atoms with Gasteiger partial charge in [-0.15, -0.1) is 0 Å². The number of methoxy groups -OCH3 is 1. The zero-order valence-electron chi connectivity index (χ0n) is 10.6. The third-order valence-corrected chi connectivity index (χ3v) is 2.59. The van der Waals surface area contributed by atoms with Crippen LogP contribution >= 0.6 is 0 Å². The molecule has 0 fully saturated rings. The van der Waals surface area contributed by atoms with E-state index in [2.05, 4.69) is 20.7 Å². The number of carbonyl (C=O) groups excluding carboxylic acids is 1. The number of amidine groups is 1. The van der Waals surface area contributed by atoms with E-state index >= 15 is 0 Å². The molecule has 0 aliphatic rings. The van der Waals surface area contributed by atoms with Crippen molar-refractivity contribution in [2.45, 2.75) is 0 Å². The second-order valence-corrected chi connectivity index (χ2v) is 3.83. The summed E-state index contributed by atoms with van der Waals surface area (Å²) >= 11 is 0. The molecule has 1 amide bonds. The van der Waals surface area contributed by atoms with Gasteiger partial charge in [-0.3, -0.25) is 9.89 Å². The highest BCUT2D eigenvalue weighted by Crippen LogP contribution is 2.15. The Balaban J connectivity index is 2.22. The van der Waals surface area contributed by atoms with Crippen LogP contribution in [0, 0.1) is 0 Å². The van der Waals surface area contributed by atoms with E-state index in [1.165, 1.54) is 13.3 Å². The Hall–Kier alpha value is -3.03. The van der Waals surface area contributed by atoms with E-state index in [0.29, 0.717) is 16.9 Å². The number of nitrogens with one attached hydrogen (secondary N) is 2. The molecule has 5 N–H and O–H groups in total. The number of hydrogen-bond acceptors (Lipinski definition) is 5. The molecule has 8 nitrogen and oxygen atoms in total. The van der Waals surface area contributed by atoms with Gasteiger partial charge in [0.1, 0.15) is 11.6 Å². The van der Waals surface area contributed by atoms with Crippen LogP contribution in [0.25, 0.3) is 0 Å². The fourth-order valence-corrected chi connectivity index (χ4v) is 1.58. The van der Waals surface area contributed by atoms with Crippen molar-refractivity contribution < 1.29 is 14.7 Å². The number of amides is 1. The number of hydrogen-bond donors (Lipinski definition) is 4. The maximum atomic E-state index is 12.1. The average Bonchev–Trinajstić information content (AvgIpc) is 2.94. The van der Waals surface area contributed by atoms with Gasteiger partial charge >= 0.3 is 0 Å². The summed E-state index contributed by atoms with van der Waals surface area (Å²) in [6, 6.07) is 6.66. The lowest BCUT2D eigenvalue weighted by molar-refractivity contribution is 0.102. The van der Waals surface area contributed by atoms with Crippen LogP contribution in [0.15, 0.2) is 35.6 Å². The topological polar surface area (TPSA) is 126 Å². The third kappa shape index (κ3) is 2.69. The Morgan fingerprint density at radius 1 is 1.55 bits per heavy atom. The highest BCUT2D eigenvalue weighted by atomic mass is 16.5. The molecule has 0 aliphatic heterocycles. The second-order valence-electron chi connectivity index (χ2n) is 3.83. The minimum Gasteiger partial charge on any atom is -0.497 e. The van der Waals surface area contributed by atoms with E-state index in [0.717, 1.165) is 0 Å². The SMILES string of the molecule is COc1cccc(C(=O)Nc2[nH]ncc2C(N)=NO)c1. The van der Waals surface area contributed by atoms with Gasteiger partial charge in [-0.25, -0.2) is 0 Å². The predicted octanol–water partition coefficient (Wildman–Crippen LogP) is 0.765. The first-order valence-electron chi connectivity index (χ1n) is 5.62. The Labute approximate surface area is 114 Å². The normalized spacial score (nSPS) is 11.2. The number of ether oxygens (including phenoxy) is 1. The van der Waals surface area contributed by atoms with Crippen molar-refractivity contribution >= 4 is 17.6 Å². The fourth-order valence-electron chi connectivity index (χ4n) is 1.58.